The van der Waals surface area contributed by atoms with E-state index in [1.165, 1.54) is 4.57 Å². The number of halogens is 1. The molecular weight excluding hydrogens is 308 g/mol. The van der Waals surface area contributed by atoms with E-state index >= 15 is 0 Å². The predicted octanol–water partition coefficient (Wildman–Crippen LogP) is 1.50. The Labute approximate surface area is 132 Å². The molecule has 0 bridgehead atoms. The number of hydrogen-bond donors (Lipinski definition) is 2. The number of imidazole rings is 1. The highest BCUT2D eigenvalue weighted by molar-refractivity contribution is 6.28. The van der Waals surface area contributed by atoms with Crippen LogP contribution < -0.4 is 11.2 Å². The molecule has 1 unspecified atom stereocenters. The summed E-state index contributed by atoms with van der Waals surface area (Å²) in [4.78, 5) is 31.7. The van der Waals surface area contributed by atoms with Crippen LogP contribution in [0.4, 0.5) is 0 Å². The molecule has 22 heavy (non-hydrogen) atoms. The Morgan fingerprint density at radius 1 is 1.27 bits per heavy atom. The van der Waals surface area contributed by atoms with E-state index in [2.05, 4.69) is 16.9 Å². The Balaban J connectivity index is 2.59. The molecule has 2 heterocycles. The number of aliphatic hydroxyl groups excluding tert-OH is 1. The van der Waals surface area contributed by atoms with Crippen molar-refractivity contribution in [2.75, 3.05) is 0 Å². The van der Waals surface area contributed by atoms with Crippen LogP contribution in [0.1, 0.15) is 39.5 Å². The zero-order valence-corrected chi connectivity index (χ0v) is 13.6. The second kappa shape index (κ2) is 7.11. The van der Waals surface area contributed by atoms with Crippen molar-refractivity contribution in [2.24, 2.45) is 0 Å². The van der Waals surface area contributed by atoms with Crippen LogP contribution in [0.15, 0.2) is 9.59 Å². The van der Waals surface area contributed by atoms with Crippen LogP contribution in [0, 0.1) is 0 Å². The summed E-state index contributed by atoms with van der Waals surface area (Å²) in [5.41, 5.74) is -0.481. The fourth-order valence-electron chi connectivity index (χ4n) is 2.36. The van der Waals surface area contributed by atoms with E-state index in [1.54, 1.807) is 6.92 Å². The summed E-state index contributed by atoms with van der Waals surface area (Å²) < 4.78 is 2.51. The number of nitrogens with zero attached hydrogens (tertiary/aromatic N) is 3. The van der Waals surface area contributed by atoms with Crippen LogP contribution in [0.3, 0.4) is 0 Å². The molecule has 0 aliphatic rings. The molecule has 0 aliphatic carbocycles. The highest BCUT2D eigenvalue weighted by atomic mass is 35.5. The van der Waals surface area contributed by atoms with E-state index in [9.17, 15) is 14.7 Å². The number of rotatable bonds is 7. The lowest BCUT2D eigenvalue weighted by atomic mass is 10.2. The first-order valence-electron chi connectivity index (χ1n) is 7.56. The van der Waals surface area contributed by atoms with Crippen molar-refractivity contribution < 1.29 is 5.11 Å². The number of aryl methyl sites for hydroxylation is 1. The molecule has 2 aromatic heterocycles. The number of nitrogens with one attached hydrogen (secondary N) is 1. The maximum atomic E-state index is 12.6. The maximum absolute atomic E-state index is 12.6. The van der Waals surface area contributed by atoms with Crippen LogP contribution >= 0.6 is 11.6 Å². The average molecular weight is 329 g/mol. The lowest BCUT2D eigenvalue weighted by molar-refractivity contribution is 0.146. The zero-order chi connectivity index (χ0) is 16.3. The van der Waals surface area contributed by atoms with Crippen molar-refractivity contribution in [1.82, 2.24) is 19.1 Å². The standard InChI is InChI=1S/C14H21ClN4O3/c1-3-5-6-7-18-11-10(16-13(15)17-11)12(21)19(14(18)22)8-9(20)4-2/h9,20H,3-8H2,1-2H3,(H,16,17). The first-order chi connectivity index (χ1) is 10.5. The van der Waals surface area contributed by atoms with Gasteiger partial charge in [0.25, 0.3) is 5.56 Å². The monoisotopic (exact) mass is 328 g/mol. The average Bonchev–Trinajstić information content (AvgIpc) is 2.88. The summed E-state index contributed by atoms with van der Waals surface area (Å²) in [6.45, 7) is 4.30. The normalized spacial score (nSPS) is 12.9. The fourth-order valence-corrected chi connectivity index (χ4v) is 2.54. The van der Waals surface area contributed by atoms with E-state index in [1.807, 2.05) is 0 Å². The summed E-state index contributed by atoms with van der Waals surface area (Å²) in [6.07, 6.45) is 2.52. The van der Waals surface area contributed by atoms with Crippen LogP contribution in [-0.2, 0) is 13.1 Å². The molecule has 2 N–H and O–H groups in total. The zero-order valence-electron chi connectivity index (χ0n) is 12.8. The van der Waals surface area contributed by atoms with Crippen LogP contribution in [-0.4, -0.2) is 30.3 Å². The van der Waals surface area contributed by atoms with Gasteiger partial charge in [0.1, 0.15) is 0 Å². The quantitative estimate of drug-likeness (QED) is 0.595. The molecule has 0 aliphatic heterocycles. The Bertz CT molecular complexity index is 762. The SMILES string of the molecule is CCCCCn1c(=O)n(CC(O)CC)c(=O)c2[nH]c(Cl)nc21. The number of aliphatic hydroxyl groups is 1. The fraction of sp³-hybridized carbons (Fsp3) is 0.643. The first-order valence-corrected chi connectivity index (χ1v) is 7.94. The van der Waals surface area contributed by atoms with E-state index in [4.69, 9.17) is 11.6 Å². The second-order valence-electron chi connectivity index (χ2n) is 5.35. The predicted molar refractivity (Wildman–Crippen MR) is 85.4 cm³/mol. The third-order valence-corrected chi connectivity index (χ3v) is 3.86. The smallest absolute Gasteiger partial charge is 0.332 e. The van der Waals surface area contributed by atoms with Gasteiger partial charge >= 0.3 is 5.69 Å². The Morgan fingerprint density at radius 3 is 2.64 bits per heavy atom. The second-order valence-corrected chi connectivity index (χ2v) is 5.70. The number of aromatic nitrogens is 4. The number of unbranched alkanes of at least 4 members (excludes halogenated alkanes) is 2. The molecule has 8 heteroatoms. The minimum absolute atomic E-state index is 0.0332. The number of fused-ring (bicyclic) bond motifs is 1. The Kier molecular flexibility index (Phi) is 5.42. The molecule has 1 atom stereocenters. The lowest BCUT2D eigenvalue weighted by Crippen LogP contribution is -2.42. The van der Waals surface area contributed by atoms with Gasteiger partial charge < -0.3 is 10.1 Å². The molecule has 0 saturated carbocycles. The Morgan fingerprint density at radius 2 is 2.00 bits per heavy atom. The lowest BCUT2D eigenvalue weighted by Gasteiger charge is -2.13. The molecule has 7 nitrogen and oxygen atoms in total. The molecule has 0 radical (unpaired) electrons. The molecule has 0 spiro atoms. The molecule has 2 aromatic rings. The van der Waals surface area contributed by atoms with E-state index in [0.29, 0.717) is 13.0 Å². The molecule has 2 rings (SSSR count). The van der Waals surface area contributed by atoms with Gasteiger partial charge in [0, 0.05) is 6.54 Å². The van der Waals surface area contributed by atoms with Crippen LogP contribution in [0.5, 0.6) is 0 Å². The van der Waals surface area contributed by atoms with Gasteiger partial charge in [0.2, 0.25) is 5.28 Å². The largest absolute Gasteiger partial charge is 0.391 e. The third kappa shape index (κ3) is 3.25. The molecule has 0 saturated heterocycles. The van der Waals surface area contributed by atoms with Crippen LogP contribution in [0.25, 0.3) is 11.2 Å². The van der Waals surface area contributed by atoms with Gasteiger partial charge in [0.15, 0.2) is 11.2 Å². The summed E-state index contributed by atoms with van der Waals surface area (Å²) >= 11 is 5.85. The topological polar surface area (TPSA) is 92.9 Å². The summed E-state index contributed by atoms with van der Waals surface area (Å²) in [5, 5.41) is 9.86. The number of hydrogen-bond acceptors (Lipinski definition) is 4. The highest BCUT2D eigenvalue weighted by Gasteiger charge is 2.18. The number of aromatic amines is 1. The van der Waals surface area contributed by atoms with E-state index in [0.717, 1.165) is 23.8 Å². The number of H-pyrrole nitrogens is 1. The van der Waals surface area contributed by atoms with E-state index < -0.39 is 17.4 Å². The third-order valence-electron chi connectivity index (χ3n) is 3.68. The Hall–Kier alpha value is -1.60. The molecule has 0 fully saturated rings. The van der Waals surface area contributed by atoms with Gasteiger partial charge in [-0.2, -0.15) is 4.98 Å². The summed E-state index contributed by atoms with van der Waals surface area (Å²) in [7, 11) is 0. The van der Waals surface area contributed by atoms with Gasteiger partial charge in [-0.25, -0.2) is 4.79 Å². The summed E-state index contributed by atoms with van der Waals surface area (Å²) in [6, 6.07) is 0. The molecular formula is C14H21ClN4O3. The van der Waals surface area contributed by atoms with Crippen molar-refractivity contribution in [3.8, 4) is 0 Å². The van der Waals surface area contributed by atoms with Crippen LogP contribution in [0.2, 0.25) is 5.28 Å². The van der Waals surface area contributed by atoms with Gasteiger partial charge in [0.05, 0.1) is 12.6 Å². The van der Waals surface area contributed by atoms with Crippen molar-refractivity contribution in [2.45, 2.75) is 58.7 Å². The minimum Gasteiger partial charge on any atom is -0.391 e. The molecule has 0 amide bonds. The minimum atomic E-state index is -0.745. The molecule has 0 aromatic carbocycles. The van der Waals surface area contributed by atoms with Crippen molar-refractivity contribution in [1.29, 1.82) is 0 Å². The van der Waals surface area contributed by atoms with E-state index in [-0.39, 0.29) is 23.0 Å². The van der Waals surface area contributed by atoms with Crippen molar-refractivity contribution in [3.05, 3.63) is 26.1 Å². The van der Waals surface area contributed by atoms with Gasteiger partial charge in [-0.1, -0.05) is 26.7 Å². The van der Waals surface area contributed by atoms with Gasteiger partial charge in [-0.05, 0) is 24.4 Å². The van der Waals surface area contributed by atoms with Gasteiger partial charge in [-0.3, -0.25) is 13.9 Å². The first kappa shape index (κ1) is 16.8. The highest BCUT2D eigenvalue weighted by Crippen LogP contribution is 2.11. The summed E-state index contributed by atoms with van der Waals surface area (Å²) in [5.74, 6) is 0. The van der Waals surface area contributed by atoms with Gasteiger partial charge in [-0.15, -0.1) is 0 Å². The van der Waals surface area contributed by atoms with Crippen molar-refractivity contribution in [3.63, 3.8) is 0 Å². The van der Waals surface area contributed by atoms with Crippen molar-refractivity contribution >= 4 is 22.8 Å². The molecule has 122 valence electrons. The maximum Gasteiger partial charge on any atom is 0.332 e.